The molecule has 1 N–H and O–H groups in total. The minimum Gasteiger partial charge on any atom is -0.483 e. The summed E-state index contributed by atoms with van der Waals surface area (Å²) in [6.07, 6.45) is 0. The van der Waals surface area contributed by atoms with Crippen LogP contribution >= 0.6 is 0 Å². The van der Waals surface area contributed by atoms with Crippen molar-refractivity contribution in [2.24, 2.45) is 0 Å². The van der Waals surface area contributed by atoms with Gasteiger partial charge < -0.3 is 19.4 Å². The van der Waals surface area contributed by atoms with E-state index in [1.54, 1.807) is 0 Å². The van der Waals surface area contributed by atoms with E-state index in [1.165, 1.54) is 0 Å². The highest BCUT2D eigenvalue weighted by atomic mass is 16.5. The third-order valence-electron chi connectivity index (χ3n) is 5.95. The number of nitrogens with zero attached hydrogens (tertiary/aromatic N) is 3. The number of carbonyl (C=O) groups is 1. The van der Waals surface area contributed by atoms with Crippen LogP contribution in [-0.2, 0) is 28.0 Å². The van der Waals surface area contributed by atoms with Crippen molar-refractivity contribution in [3.63, 3.8) is 0 Å². The van der Waals surface area contributed by atoms with E-state index in [0.29, 0.717) is 0 Å². The molecule has 7 nitrogen and oxygen atoms in total. The topological polar surface area (TPSA) is 68.6 Å². The SMILES string of the molecule is CCn1c(CN2CCOCC2)nc2cc(NC(=O)COc3ccccc3C(C)(C)C)ccc21. The molecule has 2 aromatic carbocycles. The molecule has 1 saturated heterocycles. The molecule has 0 radical (unpaired) electrons. The first kappa shape index (κ1) is 23.3. The lowest BCUT2D eigenvalue weighted by molar-refractivity contribution is -0.118. The van der Waals surface area contributed by atoms with Gasteiger partial charge in [0.15, 0.2) is 6.61 Å². The quantitative estimate of drug-likeness (QED) is 0.584. The number of anilines is 1. The molecule has 1 fully saturated rings. The third-order valence-corrected chi connectivity index (χ3v) is 5.95. The van der Waals surface area contributed by atoms with Gasteiger partial charge in [-0.05, 0) is 42.2 Å². The van der Waals surface area contributed by atoms with Crippen molar-refractivity contribution in [1.82, 2.24) is 14.5 Å². The van der Waals surface area contributed by atoms with Gasteiger partial charge in [-0.2, -0.15) is 0 Å². The summed E-state index contributed by atoms with van der Waals surface area (Å²) in [7, 11) is 0. The molecule has 1 amide bonds. The summed E-state index contributed by atoms with van der Waals surface area (Å²) in [5, 5.41) is 2.95. The molecule has 0 saturated carbocycles. The molecule has 2 heterocycles. The van der Waals surface area contributed by atoms with Gasteiger partial charge in [-0.25, -0.2) is 4.98 Å². The highest BCUT2D eigenvalue weighted by molar-refractivity contribution is 5.94. The number of hydrogen-bond donors (Lipinski definition) is 1. The smallest absolute Gasteiger partial charge is 0.262 e. The van der Waals surface area contributed by atoms with E-state index in [0.717, 1.165) is 73.3 Å². The van der Waals surface area contributed by atoms with E-state index >= 15 is 0 Å². The van der Waals surface area contributed by atoms with Crippen LogP contribution < -0.4 is 10.1 Å². The zero-order chi connectivity index (χ0) is 23.4. The fourth-order valence-corrected chi connectivity index (χ4v) is 4.24. The average molecular weight is 451 g/mol. The summed E-state index contributed by atoms with van der Waals surface area (Å²) in [4.78, 5) is 19.8. The number of hydrogen-bond acceptors (Lipinski definition) is 5. The fraction of sp³-hybridized carbons (Fsp3) is 0.462. The zero-order valence-electron chi connectivity index (χ0n) is 20.1. The van der Waals surface area contributed by atoms with Crippen LogP contribution in [0.2, 0.25) is 0 Å². The summed E-state index contributed by atoms with van der Waals surface area (Å²) in [5.41, 5.74) is 3.71. The number of amides is 1. The van der Waals surface area contributed by atoms with Gasteiger partial charge in [-0.15, -0.1) is 0 Å². The molecule has 7 heteroatoms. The van der Waals surface area contributed by atoms with Gasteiger partial charge in [0.05, 0.1) is 30.8 Å². The van der Waals surface area contributed by atoms with Crippen molar-refractivity contribution in [3.8, 4) is 5.75 Å². The van der Waals surface area contributed by atoms with Crippen LogP contribution in [0.5, 0.6) is 5.75 Å². The van der Waals surface area contributed by atoms with E-state index in [4.69, 9.17) is 14.5 Å². The number of aryl methyl sites for hydroxylation is 1. The van der Waals surface area contributed by atoms with Crippen LogP contribution in [0.25, 0.3) is 11.0 Å². The molecule has 33 heavy (non-hydrogen) atoms. The van der Waals surface area contributed by atoms with E-state index in [2.05, 4.69) is 42.5 Å². The van der Waals surface area contributed by atoms with Crippen molar-refractivity contribution in [2.45, 2.75) is 46.2 Å². The van der Waals surface area contributed by atoms with Crippen LogP contribution in [0.1, 0.15) is 39.1 Å². The van der Waals surface area contributed by atoms with Crippen molar-refractivity contribution >= 4 is 22.6 Å². The highest BCUT2D eigenvalue weighted by Gasteiger charge is 2.19. The molecule has 1 aromatic heterocycles. The third kappa shape index (κ3) is 5.54. The van der Waals surface area contributed by atoms with Gasteiger partial charge in [-0.1, -0.05) is 39.0 Å². The number of ether oxygens (including phenoxy) is 2. The van der Waals surface area contributed by atoms with E-state index in [9.17, 15) is 4.79 Å². The molecular formula is C26H34N4O3. The lowest BCUT2D eigenvalue weighted by Gasteiger charge is -2.26. The summed E-state index contributed by atoms with van der Waals surface area (Å²) in [6, 6.07) is 13.8. The van der Waals surface area contributed by atoms with Crippen LogP contribution in [0.4, 0.5) is 5.69 Å². The zero-order valence-corrected chi connectivity index (χ0v) is 20.1. The number of rotatable bonds is 7. The molecule has 4 rings (SSSR count). The summed E-state index contributed by atoms with van der Waals surface area (Å²) in [6.45, 7) is 13.5. The number of morpholine rings is 1. The second-order valence-electron chi connectivity index (χ2n) is 9.45. The molecule has 1 aliphatic heterocycles. The normalized spacial score (nSPS) is 15.0. The second-order valence-corrected chi connectivity index (χ2v) is 9.45. The first-order chi connectivity index (χ1) is 15.8. The van der Waals surface area contributed by atoms with E-state index in [1.807, 2.05) is 42.5 Å². The highest BCUT2D eigenvalue weighted by Crippen LogP contribution is 2.31. The Kier molecular flexibility index (Phi) is 7.00. The summed E-state index contributed by atoms with van der Waals surface area (Å²) in [5.74, 6) is 1.59. The van der Waals surface area contributed by atoms with E-state index < -0.39 is 0 Å². The van der Waals surface area contributed by atoms with Crippen molar-refractivity contribution in [2.75, 3.05) is 38.2 Å². The van der Waals surface area contributed by atoms with Gasteiger partial charge in [0.1, 0.15) is 11.6 Å². The van der Waals surface area contributed by atoms with Gasteiger partial charge in [0.25, 0.3) is 5.91 Å². The minimum absolute atomic E-state index is 0.0448. The molecule has 176 valence electrons. The molecule has 3 aromatic rings. The predicted molar refractivity (Wildman–Crippen MR) is 131 cm³/mol. The number of para-hydroxylation sites is 1. The van der Waals surface area contributed by atoms with Crippen molar-refractivity contribution < 1.29 is 14.3 Å². The molecule has 0 atom stereocenters. The van der Waals surface area contributed by atoms with Gasteiger partial charge in [0.2, 0.25) is 0 Å². The Hall–Kier alpha value is -2.90. The number of benzene rings is 2. The summed E-state index contributed by atoms with van der Waals surface area (Å²) >= 11 is 0. The molecular weight excluding hydrogens is 416 g/mol. The summed E-state index contributed by atoms with van der Waals surface area (Å²) < 4.78 is 13.6. The van der Waals surface area contributed by atoms with Gasteiger partial charge in [0, 0.05) is 25.3 Å². The monoisotopic (exact) mass is 450 g/mol. The van der Waals surface area contributed by atoms with Gasteiger partial charge in [-0.3, -0.25) is 9.69 Å². The first-order valence-corrected chi connectivity index (χ1v) is 11.7. The lowest BCUT2D eigenvalue weighted by atomic mass is 9.86. The number of fused-ring (bicyclic) bond motifs is 1. The fourth-order valence-electron chi connectivity index (χ4n) is 4.24. The maximum atomic E-state index is 12.6. The van der Waals surface area contributed by atoms with Crippen LogP contribution in [0.15, 0.2) is 42.5 Å². The Morgan fingerprint density at radius 1 is 1.15 bits per heavy atom. The van der Waals surface area contributed by atoms with Crippen molar-refractivity contribution in [3.05, 3.63) is 53.9 Å². The number of nitrogens with one attached hydrogen (secondary N) is 1. The number of aromatic nitrogens is 2. The largest absolute Gasteiger partial charge is 0.483 e. The Morgan fingerprint density at radius 3 is 2.64 bits per heavy atom. The maximum Gasteiger partial charge on any atom is 0.262 e. The molecule has 0 spiro atoms. The second kappa shape index (κ2) is 9.93. The average Bonchev–Trinajstić information content (AvgIpc) is 3.14. The Bertz CT molecular complexity index is 1110. The Labute approximate surface area is 195 Å². The molecule has 0 aliphatic carbocycles. The number of imidazole rings is 1. The Balaban J connectivity index is 1.44. The predicted octanol–water partition coefficient (Wildman–Crippen LogP) is 4.20. The van der Waals surface area contributed by atoms with Gasteiger partial charge >= 0.3 is 0 Å². The Morgan fingerprint density at radius 2 is 1.91 bits per heavy atom. The van der Waals surface area contributed by atoms with E-state index in [-0.39, 0.29) is 17.9 Å². The standard InChI is InChI=1S/C26H34N4O3/c1-5-30-22-11-10-19(16-21(22)28-24(30)17-29-12-14-32-15-13-29)27-25(31)18-33-23-9-7-6-8-20(23)26(2,3)4/h6-11,16H,5,12-15,17-18H2,1-4H3,(H,27,31). The van der Waals surface area contributed by atoms with Crippen molar-refractivity contribution in [1.29, 1.82) is 0 Å². The lowest BCUT2D eigenvalue weighted by Crippen LogP contribution is -2.36. The number of carbonyl (C=O) groups excluding carboxylic acids is 1. The first-order valence-electron chi connectivity index (χ1n) is 11.7. The molecule has 0 bridgehead atoms. The minimum atomic E-state index is -0.193. The van der Waals surface area contributed by atoms with Crippen LogP contribution in [0, 0.1) is 0 Å². The van der Waals surface area contributed by atoms with Crippen LogP contribution in [-0.4, -0.2) is 53.3 Å². The van der Waals surface area contributed by atoms with Crippen LogP contribution in [0.3, 0.4) is 0 Å². The molecule has 0 unspecified atom stereocenters. The molecule has 1 aliphatic rings. The maximum absolute atomic E-state index is 12.6.